The quantitative estimate of drug-likeness (QED) is 0.896. The smallest absolute Gasteiger partial charge is 0.252 e. The highest BCUT2D eigenvalue weighted by molar-refractivity contribution is 5.88. The molecule has 136 valence electrons. The number of piperazine rings is 1. The Kier molecular flexibility index (Phi) is 4.29. The summed E-state index contributed by atoms with van der Waals surface area (Å²) < 4.78 is 9.46. The molecule has 1 unspecified atom stereocenters. The SMILES string of the molecule is C[C@@H]1CN(c2cc(=O)n(C)c3cn(C4CCCCO4)nc23)[C@@H](C)CN1. The molecular formula is C18H27N5O2. The average Bonchev–Trinajstić information content (AvgIpc) is 3.07. The number of anilines is 1. The van der Waals surface area contributed by atoms with Crippen molar-refractivity contribution in [3.05, 3.63) is 22.6 Å². The monoisotopic (exact) mass is 345 g/mol. The number of rotatable bonds is 2. The maximum Gasteiger partial charge on any atom is 0.252 e. The van der Waals surface area contributed by atoms with E-state index in [1.54, 1.807) is 10.6 Å². The first-order chi connectivity index (χ1) is 12.0. The van der Waals surface area contributed by atoms with E-state index in [-0.39, 0.29) is 11.8 Å². The highest BCUT2D eigenvalue weighted by atomic mass is 16.5. The molecule has 0 saturated carbocycles. The van der Waals surface area contributed by atoms with Crippen LogP contribution < -0.4 is 15.8 Å². The van der Waals surface area contributed by atoms with E-state index in [4.69, 9.17) is 9.84 Å². The van der Waals surface area contributed by atoms with E-state index in [0.29, 0.717) is 12.1 Å². The zero-order valence-corrected chi connectivity index (χ0v) is 15.2. The van der Waals surface area contributed by atoms with Crippen LogP contribution in [-0.2, 0) is 11.8 Å². The molecule has 2 fully saturated rings. The van der Waals surface area contributed by atoms with Gasteiger partial charge in [0.05, 0.1) is 17.4 Å². The van der Waals surface area contributed by atoms with E-state index < -0.39 is 0 Å². The van der Waals surface area contributed by atoms with E-state index >= 15 is 0 Å². The highest BCUT2D eigenvalue weighted by Gasteiger charge is 2.27. The van der Waals surface area contributed by atoms with Crippen LogP contribution in [0, 0.1) is 0 Å². The Morgan fingerprint density at radius 3 is 2.92 bits per heavy atom. The molecule has 1 N–H and O–H groups in total. The van der Waals surface area contributed by atoms with Gasteiger partial charge in [0.2, 0.25) is 0 Å². The van der Waals surface area contributed by atoms with E-state index in [2.05, 4.69) is 24.1 Å². The molecule has 0 aliphatic carbocycles. The molecule has 0 amide bonds. The summed E-state index contributed by atoms with van der Waals surface area (Å²) in [6, 6.07) is 2.44. The van der Waals surface area contributed by atoms with Crippen molar-refractivity contribution in [1.82, 2.24) is 19.7 Å². The number of fused-ring (bicyclic) bond motifs is 1. The number of hydrogen-bond donors (Lipinski definition) is 1. The predicted octanol–water partition coefficient (Wildman–Crippen LogP) is 1.62. The van der Waals surface area contributed by atoms with Crippen molar-refractivity contribution in [3.8, 4) is 0 Å². The first-order valence-corrected chi connectivity index (χ1v) is 9.25. The van der Waals surface area contributed by atoms with Crippen molar-refractivity contribution >= 4 is 16.7 Å². The zero-order chi connectivity index (χ0) is 17.6. The third-order valence-electron chi connectivity index (χ3n) is 5.43. The third kappa shape index (κ3) is 2.95. The molecule has 25 heavy (non-hydrogen) atoms. The van der Waals surface area contributed by atoms with Gasteiger partial charge < -0.3 is 19.5 Å². The van der Waals surface area contributed by atoms with Gasteiger partial charge >= 0.3 is 0 Å². The lowest BCUT2D eigenvalue weighted by Gasteiger charge is -2.39. The molecule has 0 radical (unpaired) electrons. The predicted molar refractivity (Wildman–Crippen MR) is 98.1 cm³/mol. The Morgan fingerprint density at radius 2 is 2.16 bits per heavy atom. The van der Waals surface area contributed by atoms with Gasteiger partial charge in [-0.2, -0.15) is 5.10 Å². The van der Waals surface area contributed by atoms with Crippen LogP contribution in [-0.4, -0.2) is 46.1 Å². The minimum absolute atomic E-state index is 0.00463. The molecule has 0 aromatic carbocycles. The van der Waals surface area contributed by atoms with E-state index in [1.807, 2.05) is 17.9 Å². The number of hydrogen-bond acceptors (Lipinski definition) is 5. The summed E-state index contributed by atoms with van der Waals surface area (Å²) in [5.74, 6) is 0. The summed E-state index contributed by atoms with van der Waals surface area (Å²) in [7, 11) is 1.81. The van der Waals surface area contributed by atoms with E-state index in [0.717, 1.165) is 55.7 Å². The van der Waals surface area contributed by atoms with Crippen molar-refractivity contribution in [3.63, 3.8) is 0 Å². The number of aryl methyl sites for hydroxylation is 1. The standard InChI is InChI=1S/C18H27N5O2/c1-12-10-22(13(2)9-19-12)14-8-16(24)21(3)15-11-23(20-18(14)15)17-6-4-5-7-25-17/h8,11-13,17,19H,4-7,9-10H2,1-3H3/t12-,13+,17?/m1/s1. The fraction of sp³-hybridized carbons (Fsp3) is 0.667. The maximum absolute atomic E-state index is 12.5. The number of nitrogens with one attached hydrogen (secondary N) is 1. The molecule has 2 saturated heterocycles. The highest BCUT2D eigenvalue weighted by Crippen LogP contribution is 2.29. The van der Waals surface area contributed by atoms with Crippen LogP contribution in [0.25, 0.3) is 11.0 Å². The second-order valence-electron chi connectivity index (χ2n) is 7.40. The van der Waals surface area contributed by atoms with Gasteiger partial charge in [0.15, 0.2) is 0 Å². The van der Waals surface area contributed by atoms with Crippen LogP contribution in [0.1, 0.15) is 39.3 Å². The summed E-state index contributed by atoms with van der Waals surface area (Å²) >= 11 is 0. The van der Waals surface area contributed by atoms with Gasteiger partial charge in [0, 0.05) is 44.9 Å². The minimum atomic E-state index is -0.0246. The summed E-state index contributed by atoms with van der Waals surface area (Å²) in [6.07, 6.45) is 5.17. The van der Waals surface area contributed by atoms with Crippen LogP contribution in [0.2, 0.25) is 0 Å². The molecular weight excluding hydrogens is 318 g/mol. The van der Waals surface area contributed by atoms with Crippen LogP contribution >= 0.6 is 0 Å². The number of nitrogens with zero attached hydrogens (tertiary/aromatic N) is 4. The first kappa shape index (κ1) is 16.6. The number of aromatic nitrogens is 3. The Balaban J connectivity index is 1.82. The van der Waals surface area contributed by atoms with Crippen LogP contribution in [0.15, 0.2) is 17.1 Å². The van der Waals surface area contributed by atoms with E-state index in [1.165, 1.54) is 0 Å². The topological polar surface area (TPSA) is 64.3 Å². The molecule has 4 heterocycles. The lowest BCUT2D eigenvalue weighted by atomic mass is 10.1. The van der Waals surface area contributed by atoms with Crippen molar-refractivity contribution in [2.75, 3.05) is 24.6 Å². The lowest BCUT2D eigenvalue weighted by molar-refractivity contribution is -0.0390. The Bertz CT molecular complexity index is 821. The van der Waals surface area contributed by atoms with Crippen molar-refractivity contribution in [2.24, 2.45) is 7.05 Å². The molecule has 7 nitrogen and oxygen atoms in total. The van der Waals surface area contributed by atoms with Crippen LogP contribution in [0.4, 0.5) is 5.69 Å². The van der Waals surface area contributed by atoms with Crippen molar-refractivity contribution < 1.29 is 4.74 Å². The largest absolute Gasteiger partial charge is 0.364 e. The van der Waals surface area contributed by atoms with Crippen molar-refractivity contribution in [1.29, 1.82) is 0 Å². The van der Waals surface area contributed by atoms with Gasteiger partial charge in [-0.25, -0.2) is 4.68 Å². The average molecular weight is 345 g/mol. The van der Waals surface area contributed by atoms with Gasteiger partial charge in [-0.05, 0) is 33.1 Å². The van der Waals surface area contributed by atoms with Crippen LogP contribution in [0.3, 0.4) is 0 Å². The zero-order valence-electron chi connectivity index (χ0n) is 15.2. The molecule has 2 aliphatic rings. The Hall–Kier alpha value is -1.86. The van der Waals surface area contributed by atoms with Gasteiger partial charge in [-0.3, -0.25) is 4.79 Å². The van der Waals surface area contributed by atoms with Gasteiger partial charge in [0.1, 0.15) is 11.7 Å². The van der Waals surface area contributed by atoms with Crippen LogP contribution in [0.5, 0.6) is 0 Å². The van der Waals surface area contributed by atoms with E-state index in [9.17, 15) is 4.79 Å². The second kappa shape index (κ2) is 6.46. The lowest BCUT2D eigenvalue weighted by Crippen LogP contribution is -2.54. The summed E-state index contributed by atoms with van der Waals surface area (Å²) in [5, 5.41) is 8.33. The fourth-order valence-electron chi connectivity index (χ4n) is 3.87. The maximum atomic E-state index is 12.5. The minimum Gasteiger partial charge on any atom is -0.364 e. The Labute approximate surface area is 147 Å². The number of pyridine rings is 1. The molecule has 4 rings (SSSR count). The molecule has 0 bridgehead atoms. The van der Waals surface area contributed by atoms with Crippen molar-refractivity contribution in [2.45, 2.75) is 51.4 Å². The Morgan fingerprint density at radius 1 is 1.32 bits per heavy atom. The summed E-state index contributed by atoms with van der Waals surface area (Å²) in [4.78, 5) is 14.8. The van der Waals surface area contributed by atoms with Gasteiger partial charge in [-0.1, -0.05) is 0 Å². The molecule has 2 aromatic heterocycles. The normalized spacial score (nSPS) is 27.8. The molecule has 3 atom stereocenters. The molecule has 0 spiro atoms. The molecule has 2 aliphatic heterocycles. The number of ether oxygens (including phenoxy) is 1. The molecule has 2 aromatic rings. The third-order valence-corrected chi connectivity index (χ3v) is 5.43. The van der Waals surface area contributed by atoms with Gasteiger partial charge in [-0.15, -0.1) is 0 Å². The first-order valence-electron chi connectivity index (χ1n) is 9.25. The summed E-state index contributed by atoms with van der Waals surface area (Å²) in [5.41, 5.74) is 2.70. The fourth-order valence-corrected chi connectivity index (χ4v) is 3.87. The second-order valence-corrected chi connectivity index (χ2v) is 7.40. The molecule has 7 heteroatoms. The summed E-state index contributed by atoms with van der Waals surface area (Å²) in [6.45, 7) is 6.91. The van der Waals surface area contributed by atoms with Gasteiger partial charge in [0.25, 0.3) is 5.56 Å².